The molecule has 4 aromatic heterocycles. The Balaban J connectivity index is 0.000000135. The number of nitrogens with zero attached hydrogens (tertiary/aromatic N) is 4. The first kappa shape index (κ1) is 30.0. The Morgan fingerprint density at radius 3 is 1.46 bits per heavy atom. The van der Waals surface area contributed by atoms with E-state index in [0.717, 1.165) is 55.0 Å². The van der Waals surface area contributed by atoms with Crippen molar-refractivity contribution in [2.75, 3.05) is 0 Å². The average Bonchev–Trinajstić information content (AvgIpc) is 3.75. The van der Waals surface area contributed by atoms with Crippen LogP contribution in [-0.4, -0.2) is 19.9 Å². The van der Waals surface area contributed by atoms with Crippen molar-refractivity contribution in [2.45, 2.75) is 0 Å². The summed E-state index contributed by atoms with van der Waals surface area (Å²) in [6, 6.07) is 48.3. The van der Waals surface area contributed by atoms with Crippen molar-refractivity contribution >= 4 is 78.1 Å². The van der Waals surface area contributed by atoms with Gasteiger partial charge in [0.05, 0.1) is 0 Å². The normalized spacial score (nSPS) is 11.4. The minimum Gasteiger partial charge on any atom is -0.451 e. The smallest absolute Gasteiger partial charge is 0.191 e. The van der Waals surface area contributed by atoms with Gasteiger partial charge in [0, 0.05) is 21.9 Å². The Morgan fingerprint density at radius 2 is 0.840 bits per heavy atom. The molecule has 0 amide bonds. The zero-order valence-corrected chi connectivity index (χ0v) is 27.7. The first-order chi connectivity index (χ1) is 24.6. The van der Waals surface area contributed by atoms with E-state index in [1.165, 1.54) is 10.9 Å². The van der Waals surface area contributed by atoms with Gasteiger partial charge in [-0.15, -0.1) is 0 Å². The van der Waals surface area contributed by atoms with Gasteiger partial charge in [-0.3, -0.25) is 0 Å². The van der Waals surface area contributed by atoms with E-state index >= 15 is 0 Å². The lowest BCUT2D eigenvalue weighted by Gasteiger charge is -2.04. The number of rotatable bonds is 3. The highest BCUT2D eigenvalue weighted by molar-refractivity contribution is 6.35. The minimum atomic E-state index is 0.327. The van der Waals surface area contributed by atoms with Crippen LogP contribution < -0.4 is 0 Å². The molecule has 6 aromatic carbocycles. The highest BCUT2D eigenvalue weighted by Crippen LogP contribution is 2.35. The predicted octanol–water partition coefficient (Wildman–Crippen LogP) is 12.2. The highest BCUT2D eigenvalue weighted by atomic mass is 35.5. The minimum absolute atomic E-state index is 0.327. The highest BCUT2D eigenvalue weighted by Gasteiger charge is 2.17. The average molecular weight is 688 g/mol. The molecule has 10 aromatic rings. The summed E-state index contributed by atoms with van der Waals surface area (Å²) in [5.41, 5.74) is 8.23. The van der Waals surface area contributed by atoms with Gasteiger partial charge in [0.15, 0.2) is 33.1 Å². The van der Waals surface area contributed by atoms with E-state index in [4.69, 9.17) is 42.0 Å². The van der Waals surface area contributed by atoms with Gasteiger partial charge < -0.3 is 8.83 Å². The Morgan fingerprint density at radius 1 is 0.380 bits per heavy atom. The van der Waals surface area contributed by atoms with Crippen molar-refractivity contribution in [2.24, 2.45) is 0 Å². The molecule has 0 atom stereocenters. The van der Waals surface area contributed by atoms with E-state index in [1.807, 2.05) is 97.1 Å². The zero-order valence-electron chi connectivity index (χ0n) is 26.2. The van der Waals surface area contributed by atoms with Gasteiger partial charge in [-0.05, 0) is 52.2 Å². The lowest BCUT2D eigenvalue weighted by atomic mass is 10.0. The van der Waals surface area contributed by atoms with Crippen molar-refractivity contribution in [3.8, 4) is 33.9 Å². The maximum atomic E-state index is 6.37. The molecule has 0 aliphatic heterocycles. The summed E-state index contributed by atoms with van der Waals surface area (Å²) in [6.07, 6.45) is 0. The van der Waals surface area contributed by atoms with Crippen LogP contribution in [0.5, 0.6) is 0 Å². The van der Waals surface area contributed by atoms with Gasteiger partial charge in [0.1, 0.15) is 22.2 Å². The molecule has 0 bridgehead atoms. The molecule has 50 heavy (non-hydrogen) atoms. The van der Waals surface area contributed by atoms with Crippen molar-refractivity contribution in [1.82, 2.24) is 19.9 Å². The number of fused-ring (bicyclic) bond motifs is 7. The van der Waals surface area contributed by atoms with Gasteiger partial charge >= 0.3 is 0 Å². The summed E-state index contributed by atoms with van der Waals surface area (Å²) in [6.45, 7) is 0. The number of para-hydroxylation sites is 2. The molecule has 0 radical (unpaired) electrons. The molecule has 6 nitrogen and oxygen atoms in total. The predicted molar refractivity (Wildman–Crippen MR) is 202 cm³/mol. The summed E-state index contributed by atoms with van der Waals surface area (Å²) in [5.74, 6) is 1.19. The van der Waals surface area contributed by atoms with Crippen LogP contribution in [0, 0.1) is 0 Å². The summed E-state index contributed by atoms with van der Waals surface area (Å²) >= 11 is 12.7. The van der Waals surface area contributed by atoms with Crippen molar-refractivity contribution in [3.05, 3.63) is 156 Å². The molecule has 0 N–H and O–H groups in total. The van der Waals surface area contributed by atoms with E-state index in [9.17, 15) is 0 Å². The number of aromatic nitrogens is 4. The molecule has 0 aliphatic rings. The molecule has 0 unspecified atom stereocenters. The number of hydrogen-bond donors (Lipinski definition) is 0. The monoisotopic (exact) mass is 686 g/mol. The van der Waals surface area contributed by atoms with E-state index in [2.05, 4.69) is 58.5 Å². The SMILES string of the molecule is Clc1nc(-c2ccc(-c3ccccc3)cc2)nc2c1oc1ccccc12.Clc1nc(-c2ccc3ccccc3c2)nc2c1oc1ccccc12. The quantitative estimate of drug-likeness (QED) is 0.172. The van der Waals surface area contributed by atoms with E-state index in [0.29, 0.717) is 33.1 Å². The molecule has 4 heterocycles. The fourth-order valence-corrected chi connectivity index (χ4v) is 6.56. The second kappa shape index (κ2) is 12.4. The van der Waals surface area contributed by atoms with Gasteiger partial charge in [0.2, 0.25) is 0 Å². The first-order valence-electron chi connectivity index (χ1n) is 15.9. The Bertz CT molecular complexity index is 2850. The number of hydrogen-bond acceptors (Lipinski definition) is 6. The molecule has 10 rings (SSSR count). The molecule has 0 saturated heterocycles. The fraction of sp³-hybridized carbons (Fsp3) is 0. The van der Waals surface area contributed by atoms with E-state index in [-0.39, 0.29) is 0 Å². The van der Waals surface area contributed by atoms with Gasteiger partial charge in [-0.25, -0.2) is 19.9 Å². The van der Waals surface area contributed by atoms with Gasteiger partial charge in [0.25, 0.3) is 0 Å². The van der Waals surface area contributed by atoms with Crippen molar-refractivity contribution in [3.63, 3.8) is 0 Å². The maximum absolute atomic E-state index is 6.37. The second-order valence-electron chi connectivity index (χ2n) is 11.7. The molecule has 8 heteroatoms. The number of benzene rings is 6. The molecule has 0 aliphatic carbocycles. The summed E-state index contributed by atoms with van der Waals surface area (Å²) in [5, 5.41) is 4.87. The van der Waals surface area contributed by atoms with E-state index < -0.39 is 0 Å². The van der Waals surface area contributed by atoms with Crippen LogP contribution in [0.3, 0.4) is 0 Å². The lowest BCUT2D eigenvalue weighted by molar-refractivity contribution is 0.665. The fourth-order valence-electron chi connectivity index (χ4n) is 6.14. The molecule has 0 saturated carbocycles. The largest absolute Gasteiger partial charge is 0.451 e. The third-order valence-electron chi connectivity index (χ3n) is 8.61. The van der Waals surface area contributed by atoms with Crippen LogP contribution in [0.2, 0.25) is 10.3 Å². The topological polar surface area (TPSA) is 77.8 Å². The Labute approximate surface area is 295 Å². The molecular formula is C42H24Cl2N4O2. The molecular weight excluding hydrogens is 663 g/mol. The zero-order chi connectivity index (χ0) is 33.6. The van der Waals surface area contributed by atoms with Crippen LogP contribution in [-0.2, 0) is 0 Å². The summed E-state index contributed by atoms with van der Waals surface area (Å²) < 4.78 is 11.6. The Kier molecular flexibility index (Phi) is 7.46. The standard InChI is InChI=1S/C22H13ClN2O.C20H11ClN2O/c23-21-20-19(17-8-4-5-9-18(17)26-20)24-22(25-21)16-12-10-15(11-13-16)14-6-2-1-3-7-14;21-19-18-17(15-7-3-4-8-16(15)24-18)22-20(23-19)14-10-9-12-5-1-2-6-13(12)11-14/h1-13H;1-11H. The van der Waals surface area contributed by atoms with Crippen LogP contribution in [0.1, 0.15) is 0 Å². The van der Waals surface area contributed by atoms with Crippen molar-refractivity contribution < 1.29 is 8.83 Å². The third-order valence-corrected chi connectivity index (χ3v) is 9.13. The number of halogens is 2. The maximum Gasteiger partial charge on any atom is 0.191 e. The summed E-state index contributed by atoms with van der Waals surface area (Å²) in [7, 11) is 0. The van der Waals surface area contributed by atoms with Crippen LogP contribution in [0.4, 0.5) is 0 Å². The lowest BCUT2D eigenvalue weighted by Crippen LogP contribution is -1.90. The summed E-state index contributed by atoms with van der Waals surface area (Å²) in [4.78, 5) is 18.3. The Hall–Kier alpha value is -6.08. The van der Waals surface area contributed by atoms with Crippen LogP contribution >= 0.6 is 23.2 Å². The van der Waals surface area contributed by atoms with E-state index in [1.54, 1.807) is 0 Å². The van der Waals surface area contributed by atoms with Crippen LogP contribution in [0.25, 0.3) is 88.8 Å². The second-order valence-corrected chi connectivity index (χ2v) is 12.4. The first-order valence-corrected chi connectivity index (χ1v) is 16.7. The number of furan rings is 2. The molecule has 0 fully saturated rings. The molecule has 238 valence electrons. The van der Waals surface area contributed by atoms with Crippen LogP contribution in [0.15, 0.2) is 154 Å². The van der Waals surface area contributed by atoms with Gasteiger partial charge in [-0.2, -0.15) is 0 Å². The van der Waals surface area contributed by atoms with Gasteiger partial charge in [-0.1, -0.05) is 138 Å². The third kappa shape index (κ3) is 5.41. The van der Waals surface area contributed by atoms with Crippen molar-refractivity contribution in [1.29, 1.82) is 0 Å². The molecule has 0 spiro atoms.